The smallest absolute Gasteiger partial charge is 0.339 e. The Bertz CT molecular complexity index is 558. The SMILES string of the molecule is O=C1CCC(CN2CCOc3c(C(=O)O)cccc32)N1. The lowest BCUT2D eigenvalue weighted by molar-refractivity contribution is -0.119. The van der Waals surface area contributed by atoms with Crippen LogP contribution in [0.1, 0.15) is 23.2 Å². The molecule has 1 aromatic rings. The van der Waals surface area contributed by atoms with Crippen molar-refractivity contribution >= 4 is 17.6 Å². The number of para-hydroxylation sites is 1. The number of carbonyl (C=O) groups excluding carboxylic acids is 1. The first-order valence-electron chi connectivity index (χ1n) is 6.68. The van der Waals surface area contributed by atoms with Gasteiger partial charge in [-0.15, -0.1) is 0 Å². The molecule has 3 rings (SSSR count). The Morgan fingerprint density at radius 2 is 2.35 bits per heavy atom. The van der Waals surface area contributed by atoms with E-state index in [0.717, 1.165) is 12.1 Å². The van der Waals surface area contributed by atoms with Crippen molar-refractivity contribution in [2.24, 2.45) is 0 Å². The zero-order valence-electron chi connectivity index (χ0n) is 11.0. The van der Waals surface area contributed by atoms with E-state index in [1.54, 1.807) is 12.1 Å². The largest absolute Gasteiger partial charge is 0.489 e. The Balaban J connectivity index is 1.84. The summed E-state index contributed by atoms with van der Waals surface area (Å²) in [6.45, 7) is 1.84. The lowest BCUT2D eigenvalue weighted by atomic mass is 10.1. The molecule has 1 amide bonds. The minimum absolute atomic E-state index is 0.0859. The van der Waals surface area contributed by atoms with Crippen LogP contribution in [0.25, 0.3) is 0 Å². The predicted molar refractivity (Wildman–Crippen MR) is 72.3 cm³/mol. The van der Waals surface area contributed by atoms with Crippen LogP contribution in [0.4, 0.5) is 5.69 Å². The highest BCUT2D eigenvalue weighted by Gasteiger charge is 2.28. The van der Waals surface area contributed by atoms with Gasteiger partial charge in [0, 0.05) is 19.0 Å². The van der Waals surface area contributed by atoms with Crippen LogP contribution in [0.15, 0.2) is 18.2 Å². The van der Waals surface area contributed by atoms with Gasteiger partial charge >= 0.3 is 5.97 Å². The summed E-state index contributed by atoms with van der Waals surface area (Å²) in [4.78, 5) is 24.5. The third kappa shape index (κ3) is 2.29. The number of carboxylic acids is 1. The molecule has 2 N–H and O–H groups in total. The molecule has 0 aliphatic carbocycles. The van der Waals surface area contributed by atoms with E-state index in [2.05, 4.69) is 10.2 Å². The van der Waals surface area contributed by atoms with Crippen LogP contribution in [0.5, 0.6) is 5.75 Å². The van der Waals surface area contributed by atoms with Gasteiger partial charge in [-0.05, 0) is 18.6 Å². The molecule has 1 saturated heterocycles. The minimum Gasteiger partial charge on any atom is -0.489 e. The van der Waals surface area contributed by atoms with Crippen LogP contribution < -0.4 is 15.0 Å². The van der Waals surface area contributed by atoms with Gasteiger partial charge in [-0.1, -0.05) is 6.07 Å². The van der Waals surface area contributed by atoms with Crippen molar-refractivity contribution in [3.05, 3.63) is 23.8 Å². The number of hydrogen-bond acceptors (Lipinski definition) is 4. The molecule has 6 nitrogen and oxygen atoms in total. The maximum absolute atomic E-state index is 11.3. The average Bonchev–Trinajstić information content (AvgIpc) is 2.84. The molecule has 0 aromatic heterocycles. The number of nitrogens with zero attached hydrogens (tertiary/aromatic N) is 1. The van der Waals surface area contributed by atoms with E-state index in [1.165, 1.54) is 0 Å². The summed E-state index contributed by atoms with van der Waals surface area (Å²) in [5.74, 6) is -0.476. The van der Waals surface area contributed by atoms with Gasteiger partial charge in [-0.3, -0.25) is 4.79 Å². The molecule has 1 aromatic carbocycles. The second-order valence-electron chi connectivity index (χ2n) is 5.06. The molecule has 0 spiro atoms. The zero-order valence-corrected chi connectivity index (χ0v) is 11.0. The fourth-order valence-electron chi connectivity index (χ4n) is 2.74. The first kappa shape index (κ1) is 12.8. The highest BCUT2D eigenvalue weighted by atomic mass is 16.5. The number of rotatable bonds is 3. The molecule has 2 aliphatic rings. The first-order chi connectivity index (χ1) is 9.65. The molecular weight excluding hydrogens is 260 g/mol. The summed E-state index contributed by atoms with van der Waals surface area (Å²) in [5, 5.41) is 12.1. The standard InChI is InChI=1S/C14H16N2O4/c17-12-5-4-9(15-12)8-16-6-7-20-13-10(14(18)19)2-1-3-11(13)16/h1-3,9H,4-8H2,(H,15,17)(H,18,19). The molecule has 1 fully saturated rings. The summed E-state index contributed by atoms with van der Waals surface area (Å²) in [6.07, 6.45) is 1.39. The maximum atomic E-state index is 11.3. The van der Waals surface area contributed by atoms with Crippen molar-refractivity contribution in [1.82, 2.24) is 5.32 Å². The summed E-state index contributed by atoms with van der Waals surface area (Å²) in [6, 6.07) is 5.25. The van der Waals surface area contributed by atoms with Crippen molar-refractivity contribution in [1.29, 1.82) is 0 Å². The van der Waals surface area contributed by atoms with E-state index >= 15 is 0 Å². The highest BCUT2D eigenvalue weighted by molar-refractivity contribution is 5.93. The van der Waals surface area contributed by atoms with Crippen molar-refractivity contribution in [2.45, 2.75) is 18.9 Å². The quantitative estimate of drug-likeness (QED) is 0.856. The van der Waals surface area contributed by atoms with Gasteiger partial charge in [-0.2, -0.15) is 0 Å². The number of aromatic carboxylic acids is 1. The van der Waals surface area contributed by atoms with Crippen LogP contribution in [0.3, 0.4) is 0 Å². The number of hydrogen-bond donors (Lipinski definition) is 2. The number of anilines is 1. The Morgan fingerprint density at radius 3 is 3.05 bits per heavy atom. The van der Waals surface area contributed by atoms with Crippen LogP contribution in [-0.4, -0.2) is 42.7 Å². The Hall–Kier alpha value is -2.24. The predicted octanol–water partition coefficient (Wildman–Crippen LogP) is 0.862. The number of carbonyl (C=O) groups is 2. The molecule has 0 bridgehead atoms. The van der Waals surface area contributed by atoms with Gasteiger partial charge in [0.2, 0.25) is 5.91 Å². The summed E-state index contributed by atoms with van der Waals surface area (Å²) in [5.41, 5.74) is 0.972. The number of ether oxygens (including phenoxy) is 1. The van der Waals surface area contributed by atoms with Gasteiger partial charge in [0.25, 0.3) is 0 Å². The van der Waals surface area contributed by atoms with Crippen molar-refractivity contribution in [2.75, 3.05) is 24.6 Å². The van der Waals surface area contributed by atoms with E-state index in [9.17, 15) is 14.7 Å². The molecule has 0 radical (unpaired) electrons. The normalized spacial score (nSPS) is 21.1. The second kappa shape index (κ2) is 5.03. The molecule has 0 saturated carbocycles. The molecule has 106 valence electrons. The van der Waals surface area contributed by atoms with E-state index in [0.29, 0.717) is 31.9 Å². The Kier molecular flexibility index (Phi) is 3.22. The topological polar surface area (TPSA) is 78.9 Å². The van der Waals surface area contributed by atoms with Gasteiger partial charge in [0.05, 0.1) is 12.2 Å². The van der Waals surface area contributed by atoms with Crippen molar-refractivity contribution < 1.29 is 19.4 Å². The molecular formula is C14H16N2O4. The van der Waals surface area contributed by atoms with Crippen LogP contribution in [0.2, 0.25) is 0 Å². The number of amides is 1. The van der Waals surface area contributed by atoms with Gasteiger partial charge in [0.15, 0.2) is 5.75 Å². The van der Waals surface area contributed by atoms with Gasteiger partial charge in [0.1, 0.15) is 12.2 Å². The summed E-state index contributed by atoms with van der Waals surface area (Å²) in [7, 11) is 0. The molecule has 1 atom stereocenters. The van der Waals surface area contributed by atoms with Crippen LogP contribution in [0, 0.1) is 0 Å². The Morgan fingerprint density at radius 1 is 1.50 bits per heavy atom. The second-order valence-corrected chi connectivity index (χ2v) is 5.06. The maximum Gasteiger partial charge on any atom is 0.339 e. The number of fused-ring (bicyclic) bond motifs is 1. The first-order valence-corrected chi connectivity index (χ1v) is 6.68. The van der Waals surface area contributed by atoms with Crippen LogP contribution in [-0.2, 0) is 4.79 Å². The monoisotopic (exact) mass is 276 g/mol. The third-order valence-corrected chi connectivity index (χ3v) is 3.70. The number of nitrogens with one attached hydrogen (secondary N) is 1. The fraction of sp³-hybridized carbons (Fsp3) is 0.429. The summed E-state index contributed by atoms with van der Waals surface area (Å²) >= 11 is 0. The van der Waals surface area contributed by atoms with E-state index in [1.807, 2.05) is 6.07 Å². The molecule has 2 aliphatic heterocycles. The fourth-order valence-corrected chi connectivity index (χ4v) is 2.74. The van der Waals surface area contributed by atoms with E-state index in [4.69, 9.17) is 4.74 Å². The zero-order chi connectivity index (χ0) is 14.1. The number of carboxylic acid groups (broad SMARTS) is 1. The third-order valence-electron chi connectivity index (χ3n) is 3.70. The summed E-state index contributed by atoms with van der Waals surface area (Å²) < 4.78 is 5.52. The van der Waals surface area contributed by atoms with Crippen LogP contribution >= 0.6 is 0 Å². The molecule has 6 heteroatoms. The molecule has 20 heavy (non-hydrogen) atoms. The van der Waals surface area contributed by atoms with Gasteiger partial charge < -0.3 is 20.1 Å². The minimum atomic E-state index is -0.988. The molecule has 1 unspecified atom stereocenters. The van der Waals surface area contributed by atoms with Crippen molar-refractivity contribution in [3.8, 4) is 5.75 Å². The molecule has 2 heterocycles. The average molecular weight is 276 g/mol. The van der Waals surface area contributed by atoms with E-state index in [-0.39, 0.29) is 17.5 Å². The number of benzene rings is 1. The Labute approximate surface area is 116 Å². The highest BCUT2D eigenvalue weighted by Crippen LogP contribution is 2.35. The van der Waals surface area contributed by atoms with Crippen molar-refractivity contribution in [3.63, 3.8) is 0 Å². The lowest BCUT2D eigenvalue weighted by Gasteiger charge is -2.33. The lowest BCUT2D eigenvalue weighted by Crippen LogP contribution is -2.42. The van der Waals surface area contributed by atoms with Gasteiger partial charge in [-0.25, -0.2) is 4.79 Å². The van der Waals surface area contributed by atoms with E-state index < -0.39 is 5.97 Å².